The van der Waals surface area contributed by atoms with Crippen LogP contribution in [0.1, 0.15) is 20.3 Å². The lowest BCUT2D eigenvalue weighted by Crippen LogP contribution is -2.08. The molecule has 64 valence electrons. The molecule has 11 heavy (non-hydrogen) atoms. The minimum absolute atomic E-state index is 0.370. The van der Waals surface area contributed by atoms with Gasteiger partial charge in [-0.2, -0.15) is 0 Å². The topological polar surface area (TPSA) is 20.3 Å². The number of carbonyl (C=O) groups excluding carboxylic acids is 1. The minimum atomic E-state index is 0.370. The number of nitrogens with zero attached hydrogens (tertiary/aromatic N) is 1. The highest BCUT2D eigenvalue weighted by molar-refractivity contribution is 5.73. The molecule has 0 amide bonds. The van der Waals surface area contributed by atoms with Crippen LogP contribution in [0.4, 0.5) is 0 Å². The summed E-state index contributed by atoms with van der Waals surface area (Å²) >= 11 is 0. The highest BCUT2D eigenvalue weighted by Gasteiger charge is 2.04. The van der Waals surface area contributed by atoms with Gasteiger partial charge in [0.15, 0.2) is 0 Å². The van der Waals surface area contributed by atoms with Crippen LogP contribution in [0.2, 0.25) is 0 Å². The Morgan fingerprint density at radius 2 is 2.09 bits per heavy atom. The molecule has 0 saturated heterocycles. The van der Waals surface area contributed by atoms with E-state index in [0.717, 1.165) is 18.3 Å². The van der Waals surface area contributed by atoms with Gasteiger partial charge in [-0.3, -0.25) is 4.79 Å². The van der Waals surface area contributed by atoms with Crippen LogP contribution in [-0.2, 0) is 4.79 Å². The van der Waals surface area contributed by atoms with Crippen LogP contribution in [0, 0.1) is 5.92 Å². The van der Waals surface area contributed by atoms with E-state index in [4.69, 9.17) is 0 Å². The minimum Gasteiger partial charge on any atom is -0.383 e. The maximum Gasteiger partial charge on any atom is 0.147 e. The lowest BCUT2D eigenvalue weighted by atomic mass is 10.0. The Balaban J connectivity index is 4.26. The van der Waals surface area contributed by atoms with Crippen molar-refractivity contribution in [2.45, 2.75) is 20.3 Å². The summed E-state index contributed by atoms with van der Waals surface area (Å²) in [4.78, 5) is 12.4. The zero-order chi connectivity index (χ0) is 8.85. The number of rotatable bonds is 4. The second-order valence-electron chi connectivity index (χ2n) is 3.02. The fourth-order valence-corrected chi connectivity index (χ4v) is 0.808. The zero-order valence-corrected chi connectivity index (χ0v) is 7.79. The van der Waals surface area contributed by atoms with Gasteiger partial charge in [0.2, 0.25) is 0 Å². The van der Waals surface area contributed by atoms with Crippen molar-refractivity contribution in [3.8, 4) is 0 Å². The van der Waals surface area contributed by atoms with E-state index in [1.165, 1.54) is 0 Å². The van der Waals surface area contributed by atoms with Crippen molar-refractivity contribution < 1.29 is 4.79 Å². The van der Waals surface area contributed by atoms with E-state index >= 15 is 0 Å². The van der Waals surface area contributed by atoms with Crippen molar-refractivity contribution >= 4 is 6.29 Å². The number of aldehydes is 1. The molecule has 0 aromatic carbocycles. The van der Waals surface area contributed by atoms with E-state index in [2.05, 4.69) is 13.8 Å². The molecule has 0 heterocycles. The first-order chi connectivity index (χ1) is 5.11. The molecule has 0 aromatic heterocycles. The van der Waals surface area contributed by atoms with Gasteiger partial charge >= 0.3 is 0 Å². The summed E-state index contributed by atoms with van der Waals surface area (Å²) in [7, 11) is 3.84. The van der Waals surface area contributed by atoms with Gasteiger partial charge in [-0.05, 0) is 12.3 Å². The smallest absolute Gasteiger partial charge is 0.147 e. The fourth-order valence-electron chi connectivity index (χ4n) is 0.808. The Morgan fingerprint density at radius 3 is 2.36 bits per heavy atom. The van der Waals surface area contributed by atoms with Crippen LogP contribution in [0.25, 0.3) is 0 Å². The van der Waals surface area contributed by atoms with Crippen molar-refractivity contribution in [1.29, 1.82) is 0 Å². The molecule has 1 atom stereocenters. The molecular weight excluding hydrogens is 138 g/mol. The van der Waals surface area contributed by atoms with E-state index in [-0.39, 0.29) is 0 Å². The third kappa shape index (κ3) is 3.81. The van der Waals surface area contributed by atoms with Gasteiger partial charge in [-0.25, -0.2) is 0 Å². The molecule has 0 N–H and O–H groups in total. The summed E-state index contributed by atoms with van der Waals surface area (Å²) in [5.74, 6) is 0.370. The summed E-state index contributed by atoms with van der Waals surface area (Å²) in [5.41, 5.74) is 0.873. The third-order valence-corrected chi connectivity index (χ3v) is 1.72. The highest BCUT2D eigenvalue weighted by Crippen LogP contribution is 2.11. The Kier molecular flexibility index (Phi) is 4.59. The number of allylic oxidation sites excluding steroid dienone is 1. The van der Waals surface area contributed by atoms with Crippen LogP contribution in [0.5, 0.6) is 0 Å². The molecule has 0 bridgehead atoms. The van der Waals surface area contributed by atoms with Gasteiger partial charge in [0.25, 0.3) is 0 Å². The molecule has 0 saturated carbocycles. The summed E-state index contributed by atoms with van der Waals surface area (Å²) < 4.78 is 0. The van der Waals surface area contributed by atoms with Crippen LogP contribution >= 0.6 is 0 Å². The molecule has 0 radical (unpaired) electrons. The first-order valence-electron chi connectivity index (χ1n) is 3.95. The van der Waals surface area contributed by atoms with Crippen LogP contribution in [0.15, 0.2) is 11.8 Å². The van der Waals surface area contributed by atoms with Crippen molar-refractivity contribution in [3.63, 3.8) is 0 Å². The SMILES string of the molecule is CCC(C)/C(C=O)=C/N(C)C. The summed E-state index contributed by atoms with van der Waals surface area (Å²) in [6, 6.07) is 0. The maximum absolute atomic E-state index is 10.5. The lowest BCUT2D eigenvalue weighted by molar-refractivity contribution is -0.105. The van der Waals surface area contributed by atoms with E-state index in [9.17, 15) is 4.79 Å². The summed E-state index contributed by atoms with van der Waals surface area (Å²) in [6.45, 7) is 4.14. The lowest BCUT2D eigenvalue weighted by Gasteiger charge is -2.11. The first-order valence-corrected chi connectivity index (χ1v) is 3.95. The predicted molar refractivity (Wildman–Crippen MR) is 47.3 cm³/mol. The molecule has 0 rings (SSSR count). The van der Waals surface area contributed by atoms with Gasteiger partial charge < -0.3 is 4.90 Å². The molecule has 0 fully saturated rings. The van der Waals surface area contributed by atoms with Gasteiger partial charge in [0, 0.05) is 25.9 Å². The molecule has 0 aliphatic carbocycles. The Hall–Kier alpha value is -0.790. The second kappa shape index (κ2) is 4.94. The number of hydrogen-bond acceptors (Lipinski definition) is 2. The fraction of sp³-hybridized carbons (Fsp3) is 0.667. The summed E-state index contributed by atoms with van der Waals surface area (Å²) in [6.07, 6.45) is 3.83. The molecule has 2 heteroatoms. The normalized spacial score (nSPS) is 14.4. The van der Waals surface area contributed by atoms with E-state index < -0.39 is 0 Å². The van der Waals surface area contributed by atoms with Gasteiger partial charge in [-0.15, -0.1) is 0 Å². The van der Waals surface area contributed by atoms with Crippen LogP contribution in [-0.4, -0.2) is 25.3 Å². The quantitative estimate of drug-likeness (QED) is 0.454. The maximum atomic E-state index is 10.5. The molecule has 0 aliphatic rings. The Labute approximate surface area is 68.9 Å². The second-order valence-corrected chi connectivity index (χ2v) is 3.02. The standard InChI is InChI=1S/C9H17NO/c1-5-8(2)9(7-11)6-10(3)4/h6-8H,5H2,1-4H3/b9-6+. The summed E-state index contributed by atoms with van der Waals surface area (Å²) in [5, 5.41) is 0. The Bertz CT molecular complexity index is 150. The van der Waals surface area contributed by atoms with Crippen molar-refractivity contribution in [1.82, 2.24) is 4.90 Å². The van der Waals surface area contributed by atoms with E-state index in [1.807, 2.05) is 25.2 Å². The number of carbonyl (C=O) groups is 1. The van der Waals surface area contributed by atoms with Gasteiger partial charge in [0.05, 0.1) is 0 Å². The van der Waals surface area contributed by atoms with Gasteiger partial charge in [-0.1, -0.05) is 13.8 Å². The molecular formula is C9H17NO. The Morgan fingerprint density at radius 1 is 1.55 bits per heavy atom. The van der Waals surface area contributed by atoms with Crippen LogP contribution in [0.3, 0.4) is 0 Å². The monoisotopic (exact) mass is 155 g/mol. The van der Waals surface area contributed by atoms with Crippen molar-refractivity contribution in [2.24, 2.45) is 5.92 Å². The molecule has 0 spiro atoms. The van der Waals surface area contributed by atoms with Gasteiger partial charge in [0.1, 0.15) is 6.29 Å². The molecule has 0 aromatic rings. The van der Waals surface area contributed by atoms with E-state index in [1.54, 1.807) is 0 Å². The highest BCUT2D eigenvalue weighted by atomic mass is 16.1. The van der Waals surface area contributed by atoms with Crippen LogP contribution < -0.4 is 0 Å². The largest absolute Gasteiger partial charge is 0.383 e. The average Bonchev–Trinajstić information content (AvgIpc) is 1.98. The molecule has 0 aliphatic heterocycles. The first kappa shape index (κ1) is 10.2. The number of hydrogen-bond donors (Lipinski definition) is 0. The molecule has 1 unspecified atom stereocenters. The van der Waals surface area contributed by atoms with E-state index in [0.29, 0.717) is 5.92 Å². The zero-order valence-electron chi connectivity index (χ0n) is 7.79. The predicted octanol–water partition coefficient (Wildman–Crippen LogP) is 1.68. The third-order valence-electron chi connectivity index (χ3n) is 1.72. The molecule has 2 nitrogen and oxygen atoms in total. The van der Waals surface area contributed by atoms with Crippen molar-refractivity contribution in [2.75, 3.05) is 14.1 Å². The average molecular weight is 155 g/mol. The van der Waals surface area contributed by atoms with Crippen molar-refractivity contribution in [3.05, 3.63) is 11.8 Å².